The molecule has 1 aromatic rings. The summed E-state index contributed by atoms with van der Waals surface area (Å²) in [6.07, 6.45) is 1.88. The molecule has 2 amide bonds. The van der Waals surface area contributed by atoms with Crippen LogP contribution in [0.25, 0.3) is 0 Å². The molecule has 2 N–H and O–H groups in total. The van der Waals surface area contributed by atoms with Gasteiger partial charge in [0.05, 0.1) is 11.9 Å². The molecule has 0 spiro atoms. The van der Waals surface area contributed by atoms with Crippen LogP contribution in [0.2, 0.25) is 0 Å². The molecule has 0 unspecified atom stereocenters. The second-order valence-electron chi connectivity index (χ2n) is 4.13. The Kier molecular flexibility index (Phi) is 3.16. The molecule has 0 saturated heterocycles. The Bertz CT molecular complexity index is 583. The Morgan fingerprint density at radius 3 is 2.72 bits per heavy atom. The monoisotopic (exact) mass is 269 g/mol. The van der Waals surface area contributed by atoms with Gasteiger partial charge in [-0.2, -0.15) is 0 Å². The Morgan fingerprint density at radius 1 is 1.39 bits per heavy atom. The van der Waals surface area contributed by atoms with Crippen LogP contribution in [0.1, 0.15) is 5.56 Å². The number of rotatable bonds is 2. The number of benzene rings is 1. The van der Waals surface area contributed by atoms with E-state index in [0.717, 1.165) is 5.56 Å². The highest BCUT2D eigenvalue weighted by atomic mass is 32.2. The number of carbonyl (C=O) groups excluding carboxylic acids is 1. The van der Waals surface area contributed by atoms with Gasteiger partial charge in [-0.1, -0.05) is 6.07 Å². The lowest BCUT2D eigenvalue weighted by Gasteiger charge is -2.17. The van der Waals surface area contributed by atoms with E-state index in [-0.39, 0.29) is 6.03 Å². The highest BCUT2D eigenvalue weighted by Gasteiger charge is 2.26. The van der Waals surface area contributed by atoms with Crippen LogP contribution in [-0.4, -0.2) is 34.3 Å². The molecule has 18 heavy (non-hydrogen) atoms. The molecule has 7 heteroatoms. The minimum absolute atomic E-state index is 0.334. The van der Waals surface area contributed by atoms with E-state index in [1.54, 1.807) is 12.1 Å². The van der Waals surface area contributed by atoms with Crippen molar-refractivity contribution < 1.29 is 13.2 Å². The van der Waals surface area contributed by atoms with Gasteiger partial charge in [0.2, 0.25) is 10.0 Å². The average molecular weight is 269 g/mol. The number of urea groups is 1. The molecule has 0 saturated carbocycles. The van der Waals surface area contributed by atoms with E-state index >= 15 is 0 Å². The first-order chi connectivity index (χ1) is 8.41. The lowest BCUT2D eigenvalue weighted by Crippen LogP contribution is -2.28. The fourth-order valence-electron chi connectivity index (χ4n) is 1.97. The normalized spacial score (nSPS) is 14.2. The van der Waals surface area contributed by atoms with Gasteiger partial charge in [-0.05, 0) is 24.1 Å². The molecule has 2 rings (SSSR count). The van der Waals surface area contributed by atoms with E-state index in [1.807, 2.05) is 6.07 Å². The molecule has 1 aromatic carbocycles. The van der Waals surface area contributed by atoms with Crippen LogP contribution < -0.4 is 14.9 Å². The number of sulfonamides is 1. The summed E-state index contributed by atoms with van der Waals surface area (Å²) in [6.45, 7) is 0.456. The van der Waals surface area contributed by atoms with Crippen LogP contribution in [0.15, 0.2) is 18.2 Å². The summed E-state index contributed by atoms with van der Waals surface area (Å²) in [7, 11) is -1.74. The third kappa shape index (κ3) is 2.40. The number of nitrogens with zero attached hydrogens (tertiary/aromatic N) is 1. The summed E-state index contributed by atoms with van der Waals surface area (Å²) in [4.78, 5) is 11.2. The molecule has 0 radical (unpaired) electrons. The van der Waals surface area contributed by atoms with Crippen molar-refractivity contribution in [1.82, 2.24) is 5.32 Å². The fraction of sp³-hybridized carbons (Fsp3) is 0.364. The third-order valence-electron chi connectivity index (χ3n) is 2.82. The van der Waals surface area contributed by atoms with Crippen molar-refractivity contribution in [2.24, 2.45) is 0 Å². The zero-order valence-electron chi connectivity index (χ0n) is 10.2. The lowest BCUT2D eigenvalue weighted by molar-refractivity contribution is 0.254. The summed E-state index contributed by atoms with van der Waals surface area (Å²) >= 11 is 0. The van der Waals surface area contributed by atoms with Crippen LogP contribution in [0.4, 0.5) is 16.2 Å². The highest BCUT2D eigenvalue weighted by Crippen LogP contribution is 2.32. The highest BCUT2D eigenvalue weighted by molar-refractivity contribution is 7.92. The second kappa shape index (κ2) is 4.49. The van der Waals surface area contributed by atoms with Crippen molar-refractivity contribution in [3.63, 3.8) is 0 Å². The van der Waals surface area contributed by atoms with Crippen molar-refractivity contribution in [3.05, 3.63) is 23.8 Å². The van der Waals surface area contributed by atoms with Crippen LogP contribution in [0, 0.1) is 0 Å². The number of hydrogen-bond acceptors (Lipinski definition) is 3. The van der Waals surface area contributed by atoms with Gasteiger partial charge in [0.25, 0.3) is 0 Å². The van der Waals surface area contributed by atoms with Gasteiger partial charge in [-0.3, -0.25) is 4.31 Å². The molecule has 0 atom stereocenters. The van der Waals surface area contributed by atoms with Crippen LogP contribution in [0.5, 0.6) is 0 Å². The Balaban J connectivity index is 2.34. The smallest absolute Gasteiger partial charge is 0.318 e. The third-order valence-corrected chi connectivity index (χ3v) is 4.00. The van der Waals surface area contributed by atoms with Gasteiger partial charge in [0.1, 0.15) is 0 Å². The molecule has 0 aromatic heterocycles. The molecule has 1 aliphatic rings. The molecule has 1 aliphatic heterocycles. The molecule has 1 heterocycles. The maximum atomic E-state index is 11.6. The molecule has 6 nitrogen and oxygen atoms in total. The zero-order chi connectivity index (χ0) is 13.3. The van der Waals surface area contributed by atoms with Gasteiger partial charge >= 0.3 is 6.03 Å². The minimum Gasteiger partial charge on any atom is -0.341 e. The Hall–Kier alpha value is -1.76. The van der Waals surface area contributed by atoms with E-state index < -0.39 is 10.0 Å². The van der Waals surface area contributed by atoms with Crippen molar-refractivity contribution in [2.75, 3.05) is 29.5 Å². The van der Waals surface area contributed by atoms with Crippen molar-refractivity contribution in [2.45, 2.75) is 6.42 Å². The molecular formula is C11H15N3O3S. The van der Waals surface area contributed by atoms with E-state index in [2.05, 4.69) is 10.6 Å². The lowest BCUT2D eigenvalue weighted by atomic mass is 10.1. The number of anilines is 2. The molecular weight excluding hydrogens is 254 g/mol. The maximum Gasteiger partial charge on any atom is 0.318 e. The SMILES string of the molecule is CNC(=O)Nc1ccc2c(c1)N(S(C)(=O)=O)CC2. The quantitative estimate of drug-likeness (QED) is 0.832. The van der Waals surface area contributed by atoms with Crippen LogP contribution >= 0.6 is 0 Å². The van der Waals surface area contributed by atoms with Crippen molar-refractivity contribution in [1.29, 1.82) is 0 Å². The van der Waals surface area contributed by atoms with E-state index in [1.165, 1.54) is 17.6 Å². The molecule has 0 aliphatic carbocycles. The number of fused-ring (bicyclic) bond motifs is 1. The van der Waals surface area contributed by atoms with Crippen molar-refractivity contribution >= 4 is 27.4 Å². The van der Waals surface area contributed by atoms with Crippen LogP contribution in [-0.2, 0) is 16.4 Å². The van der Waals surface area contributed by atoms with Gasteiger partial charge in [-0.15, -0.1) is 0 Å². The summed E-state index contributed by atoms with van der Waals surface area (Å²) < 4.78 is 24.6. The first kappa shape index (κ1) is 12.7. The molecule has 0 fully saturated rings. The van der Waals surface area contributed by atoms with E-state index in [9.17, 15) is 13.2 Å². The topological polar surface area (TPSA) is 78.5 Å². The van der Waals surface area contributed by atoms with Gasteiger partial charge in [-0.25, -0.2) is 13.2 Å². The number of nitrogens with one attached hydrogen (secondary N) is 2. The van der Waals surface area contributed by atoms with Crippen LogP contribution in [0.3, 0.4) is 0 Å². The fourth-order valence-corrected chi connectivity index (χ4v) is 2.92. The average Bonchev–Trinajstić information content (AvgIpc) is 2.71. The van der Waals surface area contributed by atoms with E-state index in [4.69, 9.17) is 0 Å². The summed E-state index contributed by atoms with van der Waals surface area (Å²) in [5.74, 6) is 0. The minimum atomic E-state index is -3.26. The molecule has 98 valence electrons. The van der Waals surface area contributed by atoms with Gasteiger partial charge in [0.15, 0.2) is 0 Å². The Morgan fingerprint density at radius 2 is 2.11 bits per heavy atom. The number of amides is 2. The maximum absolute atomic E-state index is 11.6. The van der Waals surface area contributed by atoms with Crippen molar-refractivity contribution in [3.8, 4) is 0 Å². The van der Waals surface area contributed by atoms with Gasteiger partial charge < -0.3 is 10.6 Å². The van der Waals surface area contributed by atoms with E-state index in [0.29, 0.717) is 24.3 Å². The molecule has 0 bridgehead atoms. The second-order valence-corrected chi connectivity index (χ2v) is 6.04. The first-order valence-electron chi connectivity index (χ1n) is 5.51. The number of carbonyl (C=O) groups is 1. The predicted octanol–water partition coefficient (Wildman–Crippen LogP) is 0.760. The first-order valence-corrected chi connectivity index (χ1v) is 7.36. The predicted molar refractivity (Wildman–Crippen MR) is 70.4 cm³/mol. The standard InChI is InChI=1S/C11H15N3O3S/c1-12-11(15)13-9-4-3-8-5-6-14(10(8)7-9)18(2,16)17/h3-4,7H,5-6H2,1-2H3,(H2,12,13,15). The van der Waals surface area contributed by atoms with Gasteiger partial charge in [0, 0.05) is 19.3 Å². The summed E-state index contributed by atoms with van der Waals surface area (Å²) in [5.41, 5.74) is 2.19. The summed E-state index contributed by atoms with van der Waals surface area (Å²) in [5, 5.41) is 5.06. The zero-order valence-corrected chi connectivity index (χ0v) is 11.0. The number of hydrogen-bond donors (Lipinski definition) is 2. The summed E-state index contributed by atoms with van der Waals surface area (Å²) in [6, 6.07) is 4.95. The Labute approximate surface area is 106 Å². The largest absolute Gasteiger partial charge is 0.341 e.